The van der Waals surface area contributed by atoms with Gasteiger partial charge < -0.3 is 14.8 Å². The highest BCUT2D eigenvalue weighted by Crippen LogP contribution is 2.28. The van der Waals surface area contributed by atoms with Crippen LogP contribution in [0.4, 0.5) is 0 Å². The molecule has 1 N–H and O–H groups in total. The van der Waals surface area contributed by atoms with E-state index in [2.05, 4.69) is 28.4 Å². The van der Waals surface area contributed by atoms with Gasteiger partial charge in [-0.3, -0.25) is 9.69 Å². The number of rotatable bonds is 8. The first kappa shape index (κ1) is 20.7. The lowest BCUT2D eigenvalue weighted by molar-refractivity contribution is -0.121. The summed E-state index contributed by atoms with van der Waals surface area (Å²) in [5, 5.41) is 3.04. The topological polar surface area (TPSA) is 50.8 Å². The predicted octanol–water partition coefficient (Wildman–Crippen LogP) is 3.94. The summed E-state index contributed by atoms with van der Waals surface area (Å²) in [5.41, 5.74) is 3.77. The molecule has 2 aromatic carbocycles. The normalized spacial score (nSPS) is 18.5. The van der Waals surface area contributed by atoms with E-state index in [-0.39, 0.29) is 5.91 Å². The minimum atomic E-state index is 0.133. The second-order valence-corrected chi connectivity index (χ2v) is 8.45. The number of amides is 1. The Bertz CT molecular complexity index is 867. The molecule has 0 saturated carbocycles. The number of hydrogen-bond donors (Lipinski definition) is 1. The number of methoxy groups -OCH3 is 1. The SMILES string of the molecule is COc1cccc(CNC(=O)CC[C@H]2CCCN(Cc3ccc4c(c3)CCO4)C2)c1. The highest BCUT2D eigenvalue weighted by atomic mass is 16.5. The van der Waals surface area contributed by atoms with Gasteiger partial charge in [0.2, 0.25) is 5.91 Å². The molecule has 1 atom stereocenters. The third kappa shape index (κ3) is 5.54. The van der Waals surface area contributed by atoms with E-state index in [1.54, 1.807) is 7.11 Å². The molecule has 2 aliphatic heterocycles. The molecule has 1 amide bonds. The fourth-order valence-electron chi connectivity index (χ4n) is 4.53. The fourth-order valence-corrected chi connectivity index (χ4v) is 4.53. The van der Waals surface area contributed by atoms with E-state index < -0.39 is 0 Å². The first-order valence-electron chi connectivity index (χ1n) is 11.1. The lowest BCUT2D eigenvalue weighted by atomic mass is 9.93. The van der Waals surface area contributed by atoms with Crippen molar-refractivity contribution in [2.24, 2.45) is 5.92 Å². The summed E-state index contributed by atoms with van der Waals surface area (Å²) in [6.07, 6.45) is 5.01. The molecule has 0 radical (unpaired) electrons. The minimum Gasteiger partial charge on any atom is -0.497 e. The second kappa shape index (κ2) is 9.98. The molecular weight excluding hydrogens is 376 g/mol. The van der Waals surface area contributed by atoms with Crippen molar-refractivity contribution < 1.29 is 14.3 Å². The Morgan fingerprint density at radius 2 is 2.17 bits per heavy atom. The number of piperidine rings is 1. The van der Waals surface area contributed by atoms with Crippen LogP contribution < -0.4 is 14.8 Å². The van der Waals surface area contributed by atoms with E-state index in [0.717, 1.165) is 56.1 Å². The molecule has 0 aliphatic carbocycles. The van der Waals surface area contributed by atoms with Gasteiger partial charge in [-0.05, 0) is 66.6 Å². The minimum absolute atomic E-state index is 0.133. The van der Waals surface area contributed by atoms with Gasteiger partial charge in [0, 0.05) is 32.5 Å². The Balaban J connectivity index is 1.20. The van der Waals surface area contributed by atoms with Crippen molar-refractivity contribution in [3.05, 3.63) is 59.2 Å². The quantitative estimate of drug-likeness (QED) is 0.719. The summed E-state index contributed by atoms with van der Waals surface area (Å²) in [5.74, 6) is 2.60. The van der Waals surface area contributed by atoms with Crippen LogP contribution in [0.1, 0.15) is 42.4 Å². The molecule has 5 nitrogen and oxygen atoms in total. The van der Waals surface area contributed by atoms with Gasteiger partial charge in [0.1, 0.15) is 11.5 Å². The number of nitrogens with zero attached hydrogens (tertiary/aromatic N) is 1. The fraction of sp³-hybridized carbons (Fsp3) is 0.480. The standard InChI is InChI=1S/C25H32N2O3/c1-29-23-6-2-4-20(15-23)16-26-25(28)10-8-19-5-3-12-27(17-19)18-21-7-9-24-22(14-21)11-13-30-24/h2,4,6-7,9,14-15,19H,3,5,8,10-13,16-18H2,1H3,(H,26,28)/t19-/m1/s1. The highest BCUT2D eigenvalue weighted by Gasteiger charge is 2.21. The Hall–Kier alpha value is -2.53. The number of carbonyl (C=O) groups is 1. The van der Waals surface area contributed by atoms with E-state index in [0.29, 0.717) is 18.9 Å². The van der Waals surface area contributed by atoms with Crippen LogP contribution in [0.15, 0.2) is 42.5 Å². The number of nitrogens with one attached hydrogen (secondary N) is 1. The molecule has 0 spiro atoms. The van der Waals surface area contributed by atoms with Crippen LogP contribution in [-0.4, -0.2) is 37.6 Å². The van der Waals surface area contributed by atoms with Crippen LogP contribution in [0.2, 0.25) is 0 Å². The van der Waals surface area contributed by atoms with Crippen molar-refractivity contribution in [1.29, 1.82) is 0 Å². The Morgan fingerprint density at radius 1 is 1.23 bits per heavy atom. The summed E-state index contributed by atoms with van der Waals surface area (Å²) in [7, 11) is 1.66. The maximum Gasteiger partial charge on any atom is 0.220 e. The van der Waals surface area contributed by atoms with Crippen molar-refractivity contribution >= 4 is 5.91 Å². The number of ether oxygens (including phenoxy) is 2. The van der Waals surface area contributed by atoms with Crippen molar-refractivity contribution in [3.8, 4) is 11.5 Å². The van der Waals surface area contributed by atoms with Gasteiger partial charge in [0.05, 0.1) is 13.7 Å². The summed E-state index contributed by atoms with van der Waals surface area (Å²) < 4.78 is 10.9. The van der Waals surface area contributed by atoms with Crippen LogP contribution in [0, 0.1) is 5.92 Å². The number of fused-ring (bicyclic) bond motifs is 1. The van der Waals surface area contributed by atoms with Crippen molar-refractivity contribution in [2.75, 3.05) is 26.8 Å². The molecule has 0 unspecified atom stereocenters. The third-order valence-corrected chi connectivity index (χ3v) is 6.17. The number of benzene rings is 2. The molecule has 2 aromatic rings. The highest BCUT2D eigenvalue weighted by molar-refractivity contribution is 5.75. The Morgan fingerprint density at radius 3 is 3.07 bits per heavy atom. The van der Waals surface area contributed by atoms with Crippen molar-refractivity contribution in [3.63, 3.8) is 0 Å². The number of likely N-dealkylation sites (tertiary alicyclic amines) is 1. The van der Waals surface area contributed by atoms with Crippen molar-refractivity contribution in [2.45, 2.75) is 45.2 Å². The van der Waals surface area contributed by atoms with Crippen LogP contribution in [0.25, 0.3) is 0 Å². The maximum absolute atomic E-state index is 12.3. The average molecular weight is 409 g/mol. The van der Waals surface area contributed by atoms with E-state index in [1.165, 1.54) is 24.0 Å². The Labute approximate surface area is 179 Å². The number of hydrogen-bond acceptors (Lipinski definition) is 4. The van der Waals surface area contributed by atoms with Gasteiger partial charge in [-0.1, -0.05) is 24.3 Å². The monoisotopic (exact) mass is 408 g/mol. The summed E-state index contributed by atoms with van der Waals surface area (Å²) >= 11 is 0. The lowest BCUT2D eigenvalue weighted by Crippen LogP contribution is -2.35. The zero-order chi connectivity index (χ0) is 20.8. The van der Waals surface area contributed by atoms with E-state index in [1.807, 2.05) is 24.3 Å². The zero-order valence-electron chi connectivity index (χ0n) is 17.9. The van der Waals surface area contributed by atoms with Gasteiger partial charge in [-0.2, -0.15) is 0 Å². The molecule has 2 heterocycles. The Kier molecular flexibility index (Phi) is 6.90. The molecule has 5 heteroatoms. The molecule has 1 saturated heterocycles. The first-order valence-corrected chi connectivity index (χ1v) is 11.1. The first-order chi connectivity index (χ1) is 14.7. The second-order valence-electron chi connectivity index (χ2n) is 8.45. The molecule has 0 aromatic heterocycles. The molecule has 30 heavy (non-hydrogen) atoms. The largest absolute Gasteiger partial charge is 0.497 e. The molecule has 160 valence electrons. The molecular formula is C25H32N2O3. The zero-order valence-corrected chi connectivity index (χ0v) is 17.9. The number of carbonyl (C=O) groups excluding carboxylic acids is 1. The van der Waals surface area contributed by atoms with Gasteiger partial charge >= 0.3 is 0 Å². The van der Waals surface area contributed by atoms with E-state index in [9.17, 15) is 4.79 Å². The molecule has 4 rings (SSSR count). The van der Waals surface area contributed by atoms with Crippen LogP contribution in [-0.2, 0) is 24.3 Å². The van der Waals surface area contributed by atoms with Crippen LogP contribution >= 0.6 is 0 Å². The van der Waals surface area contributed by atoms with E-state index in [4.69, 9.17) is 9.47 Å². The van der Waals surface area contributed by atoms with Gasteiger partial charge in [-0.15, -0.1) is 0 Å². The summed E-state index contributed by atoms with van der Waals surface area (Å²) in [6.45, 7) is 4.58. The lowest BCUT2D eigenvalue weighted by Gasteiger charge is -2.32. The van der Waals surface area contributed by atoms with Gasteiger partial charge in [0.15, 0.2) is 0 Å². The van der Waals surface area contributed by atoms with Crippen LogP contribution in [0.5, 0.6) is 11.5 Å². The maximum atomic E-state index is 12.3. The summed E-state index contributed by atoms with van der Waals surface area (Å²) in [4.78, 5) is 14.9. The smallest absolute Gasteiger partial charge is 0.220 e. The molecule has 2 aliphatic rings. The third-order valence-electron chi connectivity index (χ3n) is 6.17. The summed E-state index contributed by atoms with van der Waals surface area (Å²) in [6, 6.07) is 14.4. The average Bonchev–Trinajstić information content (AvgIpc) is 3.24. The van der Waals surface area contributed by atoms with Crippen LogP contribution in [0.3, 0.4) is 0 Å². The van der Waals surface area contributed by atoms with Crippen molar-refractivity contribution in [1.82, 2.24) is 10.2 Å². The molecule has 0 bridgehead atoms. The van der Waals surface area contributed by atoms with Gasteiger partial charge in [0.25, 0.3) is 0 Å². The van der Waals surface area contributed by atoms with Gasteiger partial charge in [-0.25, -0.2) is 0 Å². The van der Waals surface area contributed by atoms with E-state index >= 15 is 0 Å². The predicted molar refractivity (Wildman–Crippen MR) is 118 cm³/mol. The molecule has 1 fully saturated rings.